The second-order valence-electron chi connectivity index (χ2n) is 4.19. The van der Waals surface area contributed by atoms with Gasteiger partial charge in [0.15, 0.2) is 12.4 Å². The van der Waals surface area contributed by atoms with Gasteiger partial charge < -0.3 is 4.74 Å². The van der Waals surface area contributed by atoms with Crippen LogP contribution in [0.1, 0.15) is 45.4 Å². The molecule has 0 bridgehead atoms. The van der Waals surface area contributed by atoms with E-state index in [1.807, 2.05) is 30.6 Å². The third-order valence-electron chi connectivity index (χ3n) is 2.66. The fourth-order valence-electron chi connectivity index (χ4n) is 1.67. The Hall–Kier alpha value is -0.890. The zero-order valence-electron chi connectivity index (χ0n) is 10.4. The predicted octanol–water partition coefficient (Wildman–Crippen LogP) is 3.31. The molecule has 90 valence electrons. The van der Waals surface area contributed by atoms with Gasteiger partial charge in [0, 0.05) is 12.1 Å². The number of hydrogen-bond acceptors (Lipinski definition) is 1. The minimum atomic E-state index is 0.676. The van der Waals surface area contributed by atoms with Crippen LogP contribution in [0.15, 0.2) is 30.6 Å². The predicted molar refractivity (Wildman–Crippen MR) is 66.0 cm³/mol. The number of unbranched alkanes of at least 4 members (excludes halogenated alkanes) is 5. The molecule has 2 heteroatoms. The highest BCUT2D eigenvalue weighted by atomic mass is 16.5. The first-order chi connectivity index (χ1) is 7.93. The average molecular weight is 222 g/mol. The first-order valence-electron chi connectivity index (χ1n) is 6.45. The maximum absolute atomic E-state index is 5.59. The quantitative estimate of drug-likeness (QED) is 0.461. The minimum absolute atomic E-state index is 0.676. The second-order valence-corrected chi connectivity index (χ2v) is 4.19. The highest BCUT2D eigenvalue weighted by Gasteiger charge is 1.96. The molecule has 0 saturated heterocycles. The van der Waals surface area contributed by atoms with Crippen molar-refractivity contribution in [1.82, 2.24) is 0 Å². The first kappa shape index (κ1) is 13.2. The number of rotatable bonds is 9. The van der Waals surface area contributed by atoms with E-state index in [9.17, 15) is 0 Å². The van der Waals surface area contributed by atoms with Gasteiger partial charge in [-0.3, -0.25) is 0 Å². The summed E-state index contributed by atoms with van der Waals surface area (Å²) < 4.78 is 7.64. The molecular weight excluding hydrogens is 198 g/mol. The third-order valence-corrected chi connectivity index (χ3v) is 2.66. The van der Waals surface area contributed by atoms with Crippen molar-refractivity contribution in [3.8, 4) is 0 Å². The summed E-state index contributed by atoms with van der Waals surface area (Å²) in [6.07, 6.45) is 12.0. The largest absolute Gasteiger partial charge is 0.323 e. The van der Waals surface area contributed by atoms with Crippen LogP contribution in [0.4, 0.5) is 0 Å². The van der Waals surface area contributed by atoms with Gasteiger partial charge in [-0.1, -0.05) is 45.1 Å². The molecule has 0 unspecified atom stereocenters. The van der Waals surface area contributed by atoms with Gasteiger partial charge in [0.25, 0.3) is 6.73 Å². The molecule has 0 amide bonds. The van der Waals surface area contributed by atoms with E-state index < -0.39 is 0 Å². The van der Waals surface area contributed by atoms with Crippen LogP contribution in [0, 0.1) is 0 Å². The third kappa shape index (κ3) is 6.57. The molecule has 2 nitrogen and oxygen atoms in total. The van der Waals surface area contributed by atoms with Crippen molar-refractivity contribution in [2.45, 2.75) is 52.2 Å². The van der Waals surface area contributed by atoms with Gasteiger partial charge in [0.05, 0.1) is 6.61 Å². The Balaban J connectivity index is 1.89. The summed E-state index contributed by atoms with van der Waals surface area (Å²) >= 11 is 0. The van der Waals surface area contributed by atoms with Crippen LogP contribution in [-0.4, -0.2) is 6.61 Å². The molecule has 0 aliphatic heterocycles. The van der Waals surface area contributed by atoms with Crippen LogP contribution in [0.5, 0.6) is 0 Å². The van der Waals surface area contributed by atoms with Crippen molar-refractivity contribution in [3.63, 3.8) is 0 Å². The lowest BCUT2D eigenvalue weighted by molar-refractivity contribution is -0.732. The van der Waals surface area contributed by atoms with E-state index in [1.165, 1.54) is 38.5 Å². The van der Waals surface area contributed by atoms with E-state index in [-0.39, 0.29) is 0 Å². The maximum atomic E-state index is 5.59. The number of aromatic nitrogens is 1. The summed E-state index contributed by atoms with van der Waals surface area (Å²) in [7, 11) is 0. The molecule has 0 spiro atoms. The number of nitrogens with zero attached hydrogens (tertiary/aromatic N) is 1. The fourth-order valence-corrected chi connectivity index (χ4v) is 1.67. The summed E-state index contributed by atoms with van der Waals surface area (Å²) in [5, 5.41) is 0. The van der Waals surface area contributed by atoms with Gasteiger partial charge in [0.2, 0.25) is 0 Å². The summed E-state index contributed by atoms with van der Waals surface area (Å²) in [6.45, 7) is 3.81. The first-order valence-corrected chi connectivity index (χ1v) is 6.45. The zero-order valence-corrected chi connectivity index (χ0v) is 10.4. The van der Waals surface area contributed by atoms with E-state index in [2.05, 4.69) is 11.5 Å². The molecular formula is C14H24NO+. The van der Waals surface area contributed by atoms with E-state index in [1.54, 1.807) is 0 Å². The minimum Gasteiger partial charge on any atom is -0.323 e. The topological polar surface area (TPSA) is 13.1 Å². The Labute approximate surface area is 99.3 Å². The average Bonchev–Trinajstić information content (AvgIpc) is 2.34. The lowest BCUT2D eigenvalue weighted by atomic mass is 10.1. The van der Waals surface area contributed by atoms with Gasteiger partial charge in [-0.2, -0.15) is 4.57 Å². The zero-order chi connectivity index (χ0) is 11.5. The lowest BCUT2D eigenvalue weighted by Crippen LogP contribution is -2.33. The Morgan fingerprint density at radius 3 is 2.31 bits per heavy atom. The standard InChI is InChI=1S/C14H24NO/c1-2-3-4-5-6-10-13-16-14-15-11-8-7-9-12-15/h7-9,11-12H,2-6,10,13-14H2,1H3/q+1. The molecule has 1 aromatic rings. The molecule has 0 saturated carbocycles. The second kappa shape index (κ2) is 9.34. The lowest BCUT2D eigenvalue weighted by Gasteiger charge is -2.01. The van der Waals surface area contributed by atoms with Crippen molar-refractivity contribution in [1.29, 1.82) is 0 Å². The smallest absolute Gasteiger partial charge is 0.252 e. The van der Waals surface area contributed by atoms with Crippen LogP contribution in [0.3, 0.4) is 0 Å². The van der Waals surface area contributed by atoms with E-state index in [4.69, 9.17) is 4.74 Å². The normalized spacial score (nSPS) is 10.6. The maximum Gasteiger partial charge on any atom is 0.252 e. The van der Waals surface area contributed by atoms with Crippen molar-refractivity contribution in [3.05, 3.63) is 30.6 Å². The van der Waals surface area contributed by atoms with E-state index in [0.29, 0.717) is 6.73 Å². The summed E-state index contributed by atoms with van der Waals surface area (Å²) in [4.78, 5) is 0. The van der Waals surface area contributed by atoms with Gasteiger partial charge in [0.1, 0.15) is 0 Å². The molecule has 0 aromatic carbocycles. The summed E-state index contributed by atoms with van der Waals surface area (Å²) in [5.41, 5.74) is 0. The Kier molecular flexibility index (Phi) is 7.70. The van der Waals surface area contributed by atoms with Gasteiger partial charge >= 0.3 is 0 Å². The van der Waals surface area contributed by atoms with E-state index >= 15 is 0 Å². The molecule has 1 heterocycles. The number of ether oxygens (including phenoxy) is 1. The van der Waals surface area contributed by atoms with Crippen LogP contribution in [0.25, 0.3) is 0 Å². The van der Waals surface area contributed by atoms with Crippen LogP contribution < -0.4 is 4.57 Å². The van der Waals surface area contributed by atoms with Gasteiger partial charge in [-0.15, -0.1) is 0 Å². The molecule has 0 aliphatic carbocycles. The Bertz CT molecular complexity index is 248. The molecule has 16 heavy (non-hydrogen) atoms. The van der Waals surface area contributed by atoms with E-state index in [0.717, 1.165) is 6.61 Å². The summed E-state index contributed by atoms with van der Waals surface area (Å²) in [5.74, 6) is 0. The van der Waals surface area contributed by atoms with Crippen molar-refractivity contribution >= 4 is 0 Å². The molecule has 0 atom stereocenters. The Morgan fingerprint density at radius 2 is 1.56 bits per heavy atom. The molecule has 1 rings (SSSR count). The van der Waals surface area contributed by atoms with Gasteiger partial charge in [-0.05, 0) is 6.42 Å². The van der Waals surface area contributed by atoms with Crippen LogP contribution in [-0.2, 0) is 11.5 Å². The monoisotopic (exact) mass is 222 g/mol. The van der Waals surface area contributed by atoms with Crippen LogP contribution >= 0.6 is 0 Å². The van der Waals surface area contributed by atoms with Crippen molar-refractivity contribution < 1.29 is 9.30 Å². The molecule has 0 radical (unpaired) electrons. The molecule has 1 aromatic heterocycles. The Morgan fingerprint density at radius 1 is 0.875 bits per heavy atom. The summed E-state index contributed by atoms with van der Waals surface area (Å²) in [6, 6.07) is 6.06. The number of hydrogen-bond donors (Lipinski definition) is 0. The molecule has 0 aliphatic rings. The molecule has 0 fully saturated rings. The molecule has 0 N–H and O–H groups in total. The highest BCUT2D eigenvalue weighted by Crippen LogP contribution is 2.04. The van der Waals surface area contributed by atoms with Crippen molar-refractivity contribution in [2.75, 3.05) is 6.61 Å². The fraction of sp³-hybridized carbons (Fsp3) is 0.643. The van der Waals surface area contributed by atoms with Crippen LogP contribution in [0.2, 0.25) is 0 Å². The highest BCUT2D eigenvalue weighted by molar-refractivity contribution is 4.83. The SMILES string of the molecule is CCCCCCCCOC[n+]1ccccc1. The van der Waals surface area contributed by atoms with Gasteiger partial charge in [-0.25, -0.2) is 0 Å². The van der Waals surface area contributed by atoms with Crippen molar-refractivity contribution in [2.24, 2.45) is 0 Å². The number of pyridine rings is 1.